The van der Waals surface area contributed by atoms with E-state index in [-0.39, 0.29) is 12.3 Å². The summed E-state index contributed by atoms with van der Waals surface area (Å²) in [6, 6.07) is 9.74. The van der Waals surface area contributed by atoms with Crippen LogP contribution in [0.1, 0.15) is 23.7 Å². The van der Waals surface area contributed by atoms with Gasteiger partial charge in [0.15, 0.2) is 0 Å². The minimum Gasteiger partial charge on any atom is -0.361 e. The van der Waals surface area contributed by atoms with E-state index in [4.69, 9.17) is 4.74 Å². The van der Waals surface area contributed by atoms with E-state index in [0.717, 1.165) is 5.56 Å². The van der Waals surface area contributed by atoms with Gasteiger partial charge < -0.3 is 4.74 Å². The van der Waals surface area contributed by atoms with Crippen molar-refractivity contribution in [2.45, 2.75) is 27.0 Å². The summed E-state index contributed by atoms with van der Waals surface area (Å²) in [5.74, 6) is 0. The quantitative estimate of drug-likeness (QED) is 0.897. The Morgan fingerprint density at radius 2 is 1.90 bits per heavy atom. The average molecular weight is 274 g/mol. The number of nitrogens with zero attached hydrogens (tertiary/aromatic N) is 1. The van der Waals surface area contributed by atoms with Gasteiger partial charge in [-0.2, -0.15) is 0 Å². The van der Waals surface area contributed by atoms with Gasteiger partial charge >= 0.3 is 5.69 Å². The molecule has 0 radical (unpaired) electrons. The van der Waals surface area contributed by atoms with Crippen LogP contribution in [0.25, 0.3) is 0 Å². The van der Waals surface area contributed by atoms with Crippen molar-refractivity contribution < 1.29 is 4.74 Å². The monoisotopic (exact) mass is 274 g/mol. The Morgan fingerprint density at radius 3 is 2.55 bits per heavy atom. The predicted molar refractivity (Wildman–Crippen MR) is 76.9 cm³/mol. The summed E-state index contributed by atoms with van der Waals surface area (Å²) >= 11 is 0. The van der Waals surface area contributed by atoms with Gasteiger partial charge in [-0.3, -0.25) is 14.3 Å². The van der Waals surface area contributed by atoms with E-state index >= 15 is 0 Å². The topological polar surface area (TPSA) is 64.1 Å². The highest BCUT2D eigenvalue weighted by Crippen LogP contribution is 2.10. The molecular formula is C15H18N2O3. The number of aromatic nitrogens is 2. The molecule has 0 amide bonds. The summed E-state index contributed by atoms with van der Waals surface area (Å²) in [6.07, 6.45) is 0.527. The van der Waals surface area contributed by atoms with E-state index in [1.54, 1.807) is 6.92 Å². The van der Waals surface area contributed by atoms with E-state index in [0.29, 0.717) is 24.3 Å². The maximum atomic E-state index is 11.9. The Bertz CT molecular complexity index is 687. The lowest BCUT2D eigenvalue weighted by Gasteiger charge is -2.14. The number of rotatable bonds is 5. The molecular weight excluding hydrogens is 256 g/mol. The fourth-order valence-electron chi connectivity index (χ4n) is 2.05. The van der Waals surface area contributed by atoms with Crippen molar-refractivity contribution in [1.82, 2.24) is 9.55 Å². The van der Waals surface area contributed by atoms with Crippen LogP contribution >= 0.6 is 0 Å². The molecule has 0 bridgehead atoms. The Labute approximate surface area is 116 Å². The van der Waals surface area contributed by atoms with Crippen LogP contribution in [-0.2, 0) is 17.9 Å². The van der Waals surface area contributed by atoms with Crippen LogP contribution in [0.2, 0.25) is 0 Å². The molecule has 0 fully saturated rings. The second kappa shape index (κ2) is 6.34. The van der Waals surface area contributed by atoms with Gasteiger partial charge in [0.2, 0.25) is 0 Å². The van der Waals surface area contributed by atoms with E-state index in [1.807, 2.05) is 37.3 Å². The lowest BCUT2D eigenvalue weighted by molar-refractivity contribution is 0.0822. The van der Waals surface area contributed by atoms with Crippen molar-refractivity contribution in [1.29, 1.82) is 0 Å². The number of H-pyrrole nitrogens is 1. The van der Waals surface area contributed by atoms with Crippen molar-refractivity contribution in [3.63, 3.8) is 0 Å². The molecule has 5 heteroatoms. The van der Waals surface area contributed by atoms with E-state index in [2.05, 4.69) is 4.98 Å². The zero-order valence-corrected chi connectivity index (χ0v) is 11.7. The number of ether oxygens (including phenoxy) is 1. The molecule has 2 aromatic rings. The third kappa shape index (κ3) is 3.05. The van der Waals surface area contributed by atoms with Crippen molar-refractivity contribution in [3.05, 3.63) is 68.0 Å². The minimum atomic E-state index is -0.431. The first-order valence-corrected chi connectivity index (χ1v) is 6.57. The average Bonchev–Trinajstić information content (AvgIpc) is 2.45. The summed E-state index contributed by atoms with van der Waals surface area (Å²) in [6.45, 7) is 4.24. The van der Waals surface area contributed by atoms with Gasteiger partial charge in [-0.05, 0) is 19.4 Å². The first-order chi connectivity index (χ1) is 9.63. The molecule has 0 aliphatic rings. The molecule has 0 saturated heterocycles. The molecule has 106 valence electrons. The van der Waals surface area contributed by atoms with Gasteiger partial charge in [0.1, 0.15) is 6.73 Å². The number of aromatic amines is 1. The van der Waals surface area contributed by atoms with Gasteiger partial charge in [-0.25, -0.2) is 4.79 Å². The largest absolute Gasteiger partial charge is 0.361 e. The molecule has 1 aromatic carbocycles. The molecule has 2 rings (SSSR count). The molecule has 20 heavy (non-hydrogen) atoms. The molecule has 0 spiro atoms. The fraction of sp³-hybridized carbons (Fsp3) is 0.333. The molecule has 0 saturated carbocycles. The lowest BCUT2D eigenvalue weighted by atomic mass is 10.1. The van der Waals surface area contributed by atoms with Gasteiger partial charge in [0.05, 0.1) is 0 Å². The molecule has 0 aliphatic heterocycles. The van der Waals surface area contributed by atoms with Crippen LogP contribution in [0.4, 0.5) is 0 Å². The molecule has 1 heterocycles. The molecule has 0 atom stereocenters. The lowest BCUT2D eigenvalue weighted by Crippen LogP contribution is -2.35. The molecule has 0 aliphatic carbocycles. The SMILES string of the molecule is CCOCn1c(Cc2ccccc2)c(C)c(=O)[nH]c1=O. The van der Waals surface area contributed by atoms with Crippen LogP contribution in [-0.4, -0.2) is 16.2 Å². The molecule has 1 aromatic heterocycles. The third-order valence-corrected chi connectivity index (χ3v) is 3.20. The second-order valence-electron chi connectivity index (χ2n) is 4.54. The van der Waals surface area contributed by atoms with Crippen molar-refractivity contribution >= 4 is 0 Å². The van der Waals surface area contributed by atoms with Crippen LogP contribution in [0.5, 0.6) is 0 Å². The summed E-state index contributed by atoms with van der Waals surface area (Å²) < 4.78 is 6.79. The third-order valence-electron chi connectivity index (χ3n) is 3.20. The normalized spacial score (nSPS) is 10.7. The Kier molecular flexibility index (Phi) is 4.53. The van der Waals surface area contributed by atoms with Crippen LogP contribution in [0, 0.1) is 6.92 Å². The predicted octanol–water partition coefficient (Wildman–Crippen LogP) is 1.43. The van der Waals surface area contributed by atoms with Gasteiger partial charge in [0.25, 0.3) is 5.56 Å². The highest BCUT2D eigenvalue weighted by atomic mass is 16.5. The summed E-state index contributed by atoms with van der Waals surface area (Å²) in [5.41, 5.74) is 1.52. The molecule has 0 unspecified atom stereocenters. The fourth-order valence-corrected chi connectivity index (χ4v) is 2.05. The number of nitrogens with one attached hydrogen (secondary N) is 1. The smallest absolute Gasteiger partial charge is 0.330 e. The summed E-state index contributed by atoms with van der Waals surface area (Å²) in [5, 5.41) is 0. The number of hydrogen-bond donors (Lipinski definition) is 1. The van der Waals surface area contributed by atoms with Gasteiger partial charge in [-0.1, -0.05) is 30.3 Å². The summed E-state index contributed by atoms with van der Waals surface area (Å²) in [4.78, 5) is 26.0. The molecule has 5 nitrogen and oxygen atoms in total. The van der Waals surface area contributed by atoms with Crippen LogP contribution in [0.3, 0.4) is 0 Å². The summed E-state index contributed by atoms with van der Waals surface area (Å²) in [7, 11) is 0. The Balaban J connectivity index is 2.48. The Morgan fingerprint density at radius 1 is 1.20 bits per heavy atom. The van der Waals surface area contributed by atoms with E-state index < -0.39 is 5.69 Å². The second-order valence-corrected chi connectivity index (χ2v) is 4.54. The highest BCUT2D eigenvalue weighted by Gasteiger charge is 2.12. The maximum Gasteiger partial charge on any atom is 0.330 e. The van der Waals surface area contributed by atoms with Gasteiger partial charge in [-0.15, -0.1) is 0 Å². The number of benzene rings is 1. The highest BCUT2D eigenvalue weighted by molar-refractivity contribution is 5.25. The van der Waals surface area contributed by atoms with E-state index in [1.165, 1.54) is 4.57 Å². The van der Waals surface area contributed by atoms with Crippen LogP contribution in [0.15, 0.2) is 39.9 Å². The van der Waals surface area contributed by atoms with Crippen molar-refractivity contribution in [2.75, 3.05) is 6.61 Å². The minimum absolute atomic E-state index is 0.148. The standard InChI is InChI=1S/C15H18N2O3/c1-3-20-10-17-13(9-12-7-5-4-6-8-12)11(2)14(18)16-15(17)19/h4-8H,3,9-10H2,1-2H3,(H,16,18,19). The zero-order valence-electron chi connectivity index (χ0n) is 11.7. The van der Waals surface area contributed by atoms with E-state index in [9.17, 15) is 9.59 Å². The molecule has 1 N–H and O–H groups in total. The van der Waals surface area contributed by atoms with Gasteiger partial charge in [0, 0.05) is 24.3 Å². The van der Waals surface area contributed by atoms with Crippen LogP contribution < -0.4 is 11.2 Å². The van der Waals surface area contributed by atoms with Crippen molar-refractivity contribution in [2.24, 2.45) is 0 Å². The van der Waals surface area contributed by atoms with Crippen molar-refractivity contribution in [3.8, 4) is 0 Å². The maximum absolute atomic E-state index is 11.9. The zero-order chi connectivity index (χ0) is 14.5. The Hall–Kier alpha value is -2.14. The number of hydrogen-bond acceptors (Lipinski definition) is 3. The first-order valence-electron chi connectivity index (χ1n) is 6.57. The first kappa shape index (κ1) is 14.3.